The first kappa shape index (κ1) is 15.1. The summed E-state index contributed by atoms with van der Waals surface area (Å²) < 4.78 is 5.20. The van der Waals surface area contributed by atoms with E-state index in [9.17, 15) is 9.90 Å². The lowest BCUT2D eigenvalue weighted by Crippen LogP contribution is -2.35. The second kappa shape index (κ2) is 5.26. The normalized spacial score (nSPS) is 22.5. The SMILES string of the molecule is C#CC(C)(C)c1cc(N2C(=O)N(CC=C)C(C)C2O)on1. The fourth-order valence-corrected chi connectivity index (χ4v) is 2.16. The van der Waals surface area contributed by atoms with Crippen molar-refractivity contribution in [3.05, 3.63) is 24.4 Å². The number of rotatable bonds is 4. The molecular formula is C15H19N3O3. The molecule has 1 N–H and O–H groups in total. The van der Waals surface area contributed by atoms with Crippen LogP contribution in [0.1, 0.15) is 26.5 Å². The largest absolute Gasteiger partial charge is 0.371 e. The molecule has 0 aromatic carbocycles. The van der Waals surface area contributed by atoms with E-state index in [0.717, 1.165) is 0 Å². The molecule has 0 bridgehead atoms. The van der Waals surface area contributed by atoms with Gasteiger partial charge in [0.05, 0.1) is 11.5 Å². The summed E-state index contributed by atoms with van der Waals surface area (Å²) in [5, 5.41) is 14.2. The van der Waals surface area contributed by atoms with Gasteiger partial charge in [0.2, 0.25) is 5.88 Å². The van der Waals surface area contributed by atoms with Crippen molar-refractivity contribution < 1.29 is 14.4 Å². The number of carbonyl (C=O) groups is 1. The van der Waals surface area contributed by atoms with E-state index < -0.39 is 11.6 Å². The third kappa shape index (κ3) is 2.41. The van der Waals surface area contributed by atoms with Crippen molar-refractivity contribution in [2.24, 2.45) is 0 Å². The molecule has 1 saturated heterocycles. The van der Waals surface area contributed by atoms with Crippen molar-refractivity contribution in [3.8, 4) is 12.3 Å². The third-order valence-electron chi connectivity index (χ3n) is 3.70. The Kier molecular flexibility index (Phi) is 3.79. The topological polar surface area (TPSA) is 69.8 Å². The molecule has 1 aliphatic heterocycles. The molecule has 6 nitrogen and oxygen atoms in total. The Morgan fingerprint density at radius 3 is 2.90 bits per heavy atom. The Hall–Kier alpha value is -2.26. The first-order chi connectivity index (χ1) is 9.83. The van der Waals surface area contributed by atoms with E-state index in [1.54, 1.807) is 19.1 Å². The van der Waals surface area contributed by atoms with E-state index in [1.807, 2.05) is 13.8 Å². The summed E-state index contributed by atoms with van der Waals surface area (Å²) in [6.07, 6.45) is 6.06. The highest BCUT2D eigenvalue weighted by atomic mass is 16.5. The van der Waals surface area contributed by atoms with Gasteiger partial charge in [0.1, 0.15) is 5.69 Å². The minimum atomic E-state index is -1.01. The van der Waals surface area contributed by atoms with Gasteiger partial charge >= 0.3 is 6.03 Å². The van der Waals surface area contributed by atoms with Crippen LogP contribution in [0.25, 0.3) is 0 Å². The quantitative estimate of drug-likeness (QED) is 0.677. The highest BCUT2D eigenvalue weighted by Gasteiger charge is 2.44. The van der Waals surface area contributed by atoms with Crippen LogP contribution in [0.3, 0.4) is 0 Å². The lowest BCUT2D eigenvalue weighted by molar-refractivity contribution is 0.130. The molecule has 1 aliphatic rings. The van der Waals surface area contributed by atoms with Gasteiger partial charge in [-0.2, -0.15) is 0 Å². The van der Waals surface area contributed by atoms with Crippen LogP contribution < -0.4 is 4.90 Å². The van der Waals surface area contributed by atoms with Crippen LogP contribution in [0.4, 0.5) is 10.7 Å². The number of aromatic nitrogens is 1. The molecule has 2 atom stereocenters. The molecule has 1 aromatic heterocycles. The molecule has 0 aliphatic carbocycles. The average molecular weight is 289 g/mol. The second-order valence-corrected chi connectivity index (χ2v) is 5.57. The predicted octanol–water partition coefficient (Wildman–Crippen LogP) is 1.72. The molecule has 0 spiro atoms. The van der Waals surface area contributed by atoms with Crippen LogP contribution in [-0.4, -0.2) is 40.0 Å². The molecule has 21 heavy (non-hydrogen) atoms. The fourth-order valence-electron chi connectivity index (χ4n) is 2.16. The van der Waals surface area contributed by atoms with E-state index in [0.29, 0.717) is 12.2 Å². The van der Waals surface area contributed by atoms with Crippen LogP contribution in [-0.2, 0) is 5.41 Å². The zero-order chi connectivity index (χ0) is 15.8. The number of anilines is 1. The van der Waals surface area contributed by atoms with Crippen molar-refractivity contribution in [1.82, 2.24) is 10.1 Å². The van der Waals surface area contributed by atoms with Crippen molar-refractivity contribution in [2.45, 2.75) is 38.5 Å². The standard InChI is InChI=1S/C15H19N3O3/c1-6-8-17-10(3)13(19)18(14(17)20)12-9-11(16-21-12)15(4,5)7-2/h2,6,9-10,13,19H,1,8H2,3-5H3. The van der Waals surface area contributed by atoms with Gasteiger partial charge in [-0.05, 0) is 20.8 Å². The summed E-state index contributed by atoms with van der Waals surface area (Å²) in [5.41, 5.74) is -0.0724. The molecule has 1 fully saturated rings. The van der Waals surface area contributed by atoms with Gasteiger partial charge in [0.25, 0.3) is 0 Å². The molecule has 0 saturated carbocycles. The van der Waals surface area contributed by atoms with Crippen LogP contribution in [0.15, 0.2) is 23.2 Å². The maximum Gasteiger partial charge on any atom is 0.329 e. The van der Waals surface area contributed by atoms with Gasteiger partial charge in [-0.25, -0.2) is 9.69 Å². The fraction of sp³-hybridized carbons (Fsp3) is 0.467. The summed E-state index contributed by atoms with van der Waals surface area (Å²) in [6, 6.07) is 0.867. The summed E-state index contributed by atoms with van der Waals surface area (Å²) in [5.74, 6) is 2.79. The summed E-state index contributed by atoms with van der Waals surface area (Å²) in [6.45, 7) is 9.37. The van der Waals surface area contributed by atoms with Crippen LogP contribution in [0.2, 0.25) is 0 Å². The van der Waals surface area contributed by atoms with Crippen molar-refractivity contribution in [2.75, 3.05) is 11.4 Å². The maximum absolute atomic E-state index is 12.4. The lowest BCUT2D eigenvalue weighted by Gasteiger charge is -2.17. The first-order valence-corrected chi connectivity index (χ1v) is 6.67. The number of hydrogen-bond donors (Lipinski definition) is 1. The Balaban J connectivity index is 2.33. The molecule has 2 amide bonds. The molecule has 2 rings (SSSR count). The van der Waals surface area contributed by atoms with Gasteiger partial charge < -0.3 is 14.5 Å². The first-order valence-electron chi connectivity index (χ1n) is 6.67. The van der Waals surface area contributed by atoms with Crippen molar-refractivity contribution in [3.63, 3.8) is 0 Å². The Labute approximate surface area is 124 Å². The van der Waals surface area contributed by atoms with Gasteiger partial charge in [-0.3, -0.25) is 0 Å². The van der Waals surface area contributed by atoms with E-state index in [4.69, 9.17) is 10.9 Å². The lowest BCUT2D eigenvalue weighted by atomic mass is 9.91. The molecule has 0 radical (unpaired) electrons. The van der Waals surface area contributed by atoms with E-state index in [1.165, 1.54) is 9.80 Å². The number of nitrogens with zero attached hydrogens (tertiary/aromatic N) is 3. The van der Waals surface area contributed by atoms with Crippen molar-refractivity contribution >= 4 is 11.9 Å². The maximum atomic E-state index is 12.4. The van der Waals surface area contributed by atoms with Crippen molar-refractivity contribution in [1.29, 1.82) is 0 Å². The molecule has 2 heterocycles. The summed E-state index contributed by atoms with van der Waals surface area (Å²) in [4.78, 5) is 15.0. The Bertz CT molecular complexity index is 600. The van der Waals surface area contributed by atoms with E-state index >= 15 is 0 Å². The highest BCUT2D eigenvalue weighted by Crippen LogP contribution is 2.31. The minimum absolute atomic E-state index is 0.184. The van der Waals surface area contributed by atoms with Crippen LogP contribution in [0.5, 0.6) is 0 Å². The monoisotopic (exact) mass is 289 g/mol. The number of carbonyl (C=O) groups excluding carboxylic acids is 1. The molecule has 112 valence electrons. The number of amides is 2. The smallest absolute Gasteiger partial charge is 0.329 e. The molecule has 2 unspecified atom stereocenters. The molecule has 1 aromatic rings. The zero-order valence-corrected chi connectivity index (χ0v) is 12.4. The summed E-state index contributed by atoms with van der Waals surface area (Å²) >= 11 is 0. The third-order valence-corrected chi connectivity index (χ3v) is 3.70. The Morgan fingerprint density at radius 2 is 2.33 bits per heavy atom. The van der Waals surface area contributed by atoms with Gasteiger partial charge in [0.15, 0.2) is 6.23 Å². The van der Waals surface area contributed by atoms with Gasteiger partial charge in [0, 0.05) is 12.6 Å². The number of hydrogen-bond acceptors (Lipinski definition) is 4. The number of urea groups is 1. The average Bonchev–Trinajstić information content (AvgIpc) is 3.00. The van der Waals surface area contributed by atoms with Gasteiger partial charge in [-0.1, -0.05) is 17.2 Å². The zero-order valence-electron chi connectivity index (χ0n) is 12.4. The van der Waals surface area contributed by atoms with E-state index in [-0.39, 0.29) is 18.0 Å². The minimum Gasteiger partial charge on any atom is -0.371 e. The molecule has 6 heteroatoms. The van der Waals surface area contributed by atoms with Crippen LogP contribution in [0, 0.1) is 12.3 Å². The number of aliphatic hydroxyl groups is 1. The number of terminal acetylenes is 1. The predicted molar refractivity (Wildman–Crippen MR) is 78.6 cm³/mol. The van der Waals surface area contributed by atoms with E-state index in [2.05, 4.69) is 17.7 Å². The highest BCUT2D eigenvalue weighted by molar-refractivity contribution is 5.94. The number of aliphatic hydroxyl groups excluding tert-OH is 1. The summed E-state index contributed by atoms with van der Waals surface area (Å²) in [7, 11) is 0. The second-order valence-electron chi connectivity index (χ2n) is 5.57. The van der Waals surface area contributed by atoms with Crippen LogP contribution >= 0.6 is 0 Å². The van der Waals surface area contributed by atoms with Gasteiger partial charge in [-0.15, -0.1) is 13.0 Å². The molecular weight excluding hydrogens is 270 g/mol. The Morgan fingerprint density at radius 1 is 1.67 bits per heavy atom.